The second kappa shape index (κ2) is 5.95. The first-order valence-corrected chi connectivity index (χ1v) is 8.87. The molecule has 2 N–H and O–H groups in total. The van der Waals surface area contributed by atoms with Crippen LogP contribution in [0.3, 0.4) is 0 Å². The normalized spacial score (nSPS) is 21.8. The fraction of sp³-hybridized carbons (Fsp3) is 0.316. The van der Waals surface area contributed by atoms with Gasteiger partial charge in [-0.2, -0.15) is 0 Å². The molecule has 1 aromatic heterocycles. The molecule has 118 valence electrons. The van der Waals surface area contributed by atoms with Gasteiger partial charge >= 0.3 is 0 Å². The van der Waals surface area contributed by atoms with Gasteiger partial charge in [-0.15, -0.1) is 11.3 Å². The summed E-state index contributed by atoms with van der Waals surface area (Å²) in [5, 5.41) is 12.2. The number of thiophene rings is 1. The first-order chi connectivity index (χ1) is 11.2. The molecule has 2 aromatic rings. The van der Waals surface area contributed by atoms with Crippen LogP contribution >= 0.6 is 11.3 Å². The van der Waals surface area contributed by atoms with Gasteiger partial charge in [0.25, 0.3) is 5.91 Å². The SMILES string of the molecule is O=C(N[C@@H]1C=C[C@H](CO)C1)c1cc2c(s1)-c1ccccc1CC2. The molecule has 0 saturated heterocycles. The van der Waals surface area contributed by atoms with E-state index in [1.54, 1.807) is 11.3 Å². The van der Waals surface area contributed by atoms with E-state index in [2.05, 4.69) is 29.6 Å². The molecule has 0 saturated carbocycles. The van der Waals surface area contributed by atoms with Crippen molar-refractivity contribution in [2.24, 2.45) is 5.92 Å². The van der Waals surface area contributed by atoms with Crippen molar-refractivity contribution in [3.8, 4) is 10.4 Å². The number of rotatable bonds is 3. The number of nitrogens with one attached hydrogen (secondary N) is 1. The first kappa shape index (κ1) is 14.7. The number of fused-ring (bicyclic) bond motifs is 3. The van der Waals surface area contributed by atoms with E-state index in [0.29, 0.717) is 0 Å². The lowest BCUT2D eigenvalue weighted by atomic mass is 9.91. The molecule has 0 unspecified atom stereocenters. The molecule has 2 aliphatic carbocycles. The van der Waals surface area contributed by atoms with Crippen LogP contribution in [-0.4, -0.2) is 23.7 Å². The molecule has 1 aromatic carbocycles. The highest BCUT2D eigenvalue weighted by molar-refractivity contribution is 7.17. The van der Waals surface area contributed by atoms with Gasteiger partial charge in [0, 0.05) is 23.4 Å². The smallest absolute Gasteiger partial charge is 0.261 e. The molecule has 2 atom stereocenters. The average Bonchev–Trinajstić information content (AvgIpc) is 3.21. The third-order valence-electron chi connectivity index (χ3n) is 4.68. The van der Waals surface area contributed by atoms with Crippen LogP contribution in [0.1, 0.15) is 27.2 Å². The zero-order chi connectivity index (χ0) is 15.8. The molecule has 2 aliphatic rings. The minimum atomic E-state index is -0.00452. The van der Waals surface area contributed by atoms with Gasteiger partial charge < -0.3 is 10.4 Å². The fourth-order valence-electron chi connectivity index (χ4n) is 3.44. The van der Waals surface area contributed by atoms with Crippen molar-refractivity contribution in [1.29, 1.82) is 0 Å². The molecule has 0 radical (unpaired) electrons. The molecule has 4 rings (SSSR count). The van der Waals surface area contributed by atoms with Crippen LogP contribution in [0, 0.1) is 5.92 Å². The van der Waals surface area contributed by atoms with E-state index < -0.39 is 0 Å². The van der Waals surface area contributed by atoms with Crippen molar-refractivity contribution in [3.05, 3.63) is 58.5 Å². The molecule has 23 heavy (non-hydrogen) atoms. The zero-order valence-electron chi connectivity index (χ0n) is 12.8. The van der Waals surface area contributed by atoms with Crippen LogP contribution < -0.4 is 5.32 Å². The summed E-state index contributed by atoms with van der Waals surface area (Å²) in [6.07, 6.45) is 6.81. The van der Waals surface area contributed by atoms with Gasteiger partial charge in [0.2, 0.25) is 0 Å². The van der Waals surface area contributed by atoms with Crippen LogP contribution in [0.2, 0.25) is 0 Å². The van der Waals surface area contributed by atoms with Crippen molar-refractivity contribution < 1.29 is 9.90 Å². The minimum Gasteiger partial charge on any atom is -0.396 e. The van der Waals surface area contributed by atoms with Crippen LogP contribution in [-0.2, 0) is 12.8 Å². The topological polar surface area (TPSA) is 49.3 Å². The van der Waals surface area contributed by atoms with Crippen LogP contribution in [0.4, 0.5) is 0 Å². The predicted molar refractivity (Wildman–Crippen MR) is 92.8 cm³/mol. The molecular weight excluding hydrogens is 306 g/mol. The molecule has 4 heteroatoms. The zero-order valence-corrected chi connectivity index (χ0v) is 13.6. The Kier molecular flexibility index (Phi) is 3.79. The van der Waals surface area contributed by atoms with E-state index in [1.807, 2.05) is 18.2 Å². The average molecular weight is 325 g/mol. The molecule has 1 amide bonds. The van der Waals surface area contributed by atoms with Gasteiger partial charge in [-0.05, 0) is 42.0 Å². The minimum absolute atomic E-state index is 0.00452. The summed E-state index contributed by atoms with van der Waals surface area (Å²) in [4.78, 5) is 14.6. The van der Waals surface area contributed by atoms with Crippen molar-refractivity contribution in [1.82, 2.24) is 5.32 Å². The molecule has 0 spiro atoms. The maximum Gasteiger partial charge on any atom is 0.261 e. The molecular formula is C19H19NO2S. The third-order valence-corrected chi connectivity index (χ3v) is 5.89. The van der Waals surface area contributed by atoms with Gasteiger partial charge in [0.05, 0.1) is 4.88 Å². The highest BCUT2D eigenvalue weighted by atomic mass is 32.1. The lowest BCUT2D eigenvalue weighted by Crippen LogP contribution is -2.32. The van der Waals surface area contributed by atoms with E-state index in [1.165, 1.54) is 21.6 Å². The molecule has 3 nitrogen and oxygen atoms in total. The summed E-state index contributed by atoms with van der Waals surface area (Å²) >= 11 is 1.59. The van der Waals surface area contributed by atoms with E-state index >= 15 is 0 Å². The van der Waals surface area contributed by atoms with Crippen LogP contribution in [0.25, 0.3) is 10.4 Å². The Balaban J connectivity index is 1.55. The second-order valence-corrected chi connectivity index (χ2v) is 7.32. The maximum atomic E-state index is 12.5. The van der Waals surface area contributed by atoms with Crippen LogP contribution in [0.5, 0.6) is 0 Å². The fourth-order valence-corrected chi connectivity index (χ4v) is 4.61. The lowest BCUT2D eigenvalue weighted by Gasteiger charge is -2.15. The quantitative estimate of drug-likeness (QED) is 0.852. The summed E-state index contributed by atoms with van der Waals surface area (Å²) in [6.45, 7) is 0.146. The number of carbonyl (C=O) groups is 1. The van der Waals surface area contributed by atoms with Crippen molar-refractivity contribution in [3.63, 3.8) is 0 Å². The molecule has 0 aliphatic heterocycles. The van der Waals surface area contributed by atoms with Crippen molar-refractivity contribution >= 4 is 17.2 Å². The van der Waals surface area contributed by atoms with Crippen molar-refractivity contribution in [2.45, 2.75) is 25.3 Å². The van der Waals surface area contributed by atoms with E-state index in [0.717, 1.165) is 24.1 Å². The van der Waals surface area contributed by atoms with Crippen molar-refractivity contribution in [2.75, 3.05) is 6.61 Å². The van der Waals surface area contributed by atoms with Gasteiger partial charge in [-0.1, -0.05) is 36.4 Å². The summed E-state index contributed by atoms with van der Waals surface area (Å²) in [5.41, 5.74) is 3.94. The number of aryl methyl sites for hydroxylation is 2. The number of amides is 1. The number of aliphatic hydroxyl groups excluding tert-OH is 1. The monoisotopic (exact) mass is 325 g/mol. The van der Waals surface area contributed by atoms with Gasteiger partial charge in [-0.25, -0.2) is 0 Å². The number of hydrogen-bond donors (Lipinski definition) is 2. The number of benzene rings is 1. The van der Waals surface area contributed by atoms with Gasteiger partial charge in [-0.3, -0.25) is 4.79 Å². The van der Waals surface area contributed by atoms with Gasteiger partial charge in [0.15, 0.2) is 0 Å². The summed E-state index contributed by atoms with van der Waals surface area (Å²) in [6, 6.07) is 10.5. The number of carbonyl (C=O) groups excluding carboxylic acids is 1. The lowest BCUT2D eigenvalue weighted by molar-refractivity contribution is 0.0945. The maximum absolute atomic E-state index is 12.5. The summed E-state index contributed by atoms with van der Waals surface area (Å²) in [7, 11) is 0. The highest BCUT2D eigenvalue weighted by Gasteiger charge is 2.24. The van der Waals surface area contributed by atoms with E-state index in [4.69, 9.17) is 0 Å². The molecule has 0 bridgehead atoms. The Morgan fingerprint density at radius 2 is 2.04 bits per heavy atom. The van der Waals surface area contributed by atoms with E-state index in [-0.39, 0.29) is 24.5 Å². The Hall–Kier alpha value is -1.91. The van der Waals surface area contributed by atoms with E-state index in [9.17, 15) is 9.90 Å². The Bertz CT molecular complexity index is 777. The molecule has 1 heterocycles. The molecule has 0 fully saturated rings. The van der Waals surface area contributed by atoms with Crippen LogP contribution in [0.15, 0.2) is 42.5 Å². The Morgan fingerprint density at radius 1 is 1.22 bits per heavy atom. The number of aliphatic hydroxyl groups is 1. The highest BCUT2D eigenvalue weighted by Crippen LogP contribution is 2.39. The largest absolute Gasteiger partial charge is 0.396 e. The Labute approximate surface area is 139 Å². The standard InChI is InChI=1S/C19H19NO2S/c21-11-12-5-8-15(9-12)20-19(22)17-10-14-7-6-13-3-1-2-4-16(13)18(14)23-17/h1-5,8,10,12,15,21H,6-7,9,11H2,(H,20,22)/t12-,15+/m0/s1. The Morgan fingerprint density at radius 3 is 2.87 bits per heavy atom. The van der Waals surface area contributed by atoms with Gasteiger partial charge in [0.1, 0.15) is 0 Å². The second-order valence-electron chi connectivity index (χ2n) is 6.27. The summed E-state index contributed by atoms with van der Waals surface area (Å²) in [5.74, 6) is 0.166. The predicted octanol–water partition coefficient (Wildman–Crippen LogP) is 3.18. The number of hydrogen-bond acceptors (Lipinski definition) is 3. The summed E-state index contributed by atoms with van der Waals surface area (Å²) < 4.78 is 0. The first-order valence-electron chi connectivity index (χ1n) is 8.05. The third kappa shape index (κ3) is 2.73.